The van der Waals surface area contributed by atoms with Crippen molar-refractivity contribution in [1.82, 2.24) is 4.90 Å². The lowest BCUT2D eigenvalue weighted by Gasteiger charge is -2.38. The van der Waals surface area contributed by atoms with Gasteiger partial charge in [0.2, 0.25) is 0 Å². The molecular formula is C9H17NO2S. The van der Waals surface area contributed by atoms with Crippen molar-refractivity contribution in [3.63, 3.8) is 0 Å². The van der Waals surface area contributed by atoms with Gasteiger partial charge in [0.05, 0.1) is 6.42 Å². The van der Waals surface area contributed by atoms with Crippen LogP contribution in [0, 0.1) is 0 Å². The van der Waals surface area contributed by atoms with Gasteiger partial charge in [-0.25, -0.2) is 0 Å². The first kappa shape index (κ1) is 10.9. The van der Waals surface area contributed by atoms with Crippen LogP contribution < -0.4 is 0 Å². The van der Waals surface area contributed by atoms with Crippen LogP contribution in [0.4, 0.5) is 0 Å². The van der Waals surface area contributed by atoms with Gasteiger partial charge >= 0.3 is 5.97 Å². The molecule has 0 aromatic carbocycles. The maximum absolute atomic E-state index is 10.8. The molecule has 0 aliphatic carbocycles. The molecule has 1 N–H and O–H groups in total. The summed E-state index contributed by atoms with van der Waals surface area (Å²) in [6.07, 6.45) is 1.24. The number of thioether (sulfide) groups is 1. The molecule has 1 fully saturated rings. The van der Waals surface area contributed by atoms with Crippen LogP contribution in [0.2, 0.25) is 0 Å². The van der Waals surface area contributed by atoms with Gasteiger partial charge in [-0.3, -0.25) is 4.79 Å². The summed E-state index contributed by atoms with van der Waals surface area (Å²) in [7, 11) is 3.96. The monoisotopic (exact) mass is 203 g/mol. The molecule has 13 heavy (non-hydrogen) atoms. The Morgan fingerprint density at radius 1 is 1.69 bits per heavy atom. The molecule has 4 heteroatoms. The highest BCUT2D eigenvalue weighted by molar-refractivity contribution is 8.00. The van der Waals surface area contributed by atoms with Gasteiger partial charge in [-0.1, -0.05) is 6.92 Å². The average Bonchev–Trinajstić information content (AvgIpc) is 2.32. The van der Waals surface area contributed by atoms with E-state index in [2.05, 4.69) is 11.8 Å². The Morgan fingerprint density at radius 2 is 2.31 bits per heavy atom. The zero-order valence-corrected chi connectivity index (χ0v) is 9.23. The molecule has 3 nitrogen and oxygen atoms in total. The van der Waals surface area contributed by atoms with Crippen LogP contribution in [0.15, 0.2) is 0 Å². The molecule has 0 aromatic rings. The molecule has 0 bridgehead atoms. The molecule has 1 saturated heterocycles. The maximum Gasteiger partial charge on any atom is 0.305 e. The second kappa shape index (κ2) is 3.88. The predicted molar refractivity (Wildman–Crippen MR) is 55.2 cm³/mol. The fraction of sp³-hybridized carbons (Fsp3) is 0.889. The molecule has 76 valence electrons. The van der Waals surface area contributed by atoms with Crippen LogP contribution in [-0.2, 0) is 4.79 Å². The summed E-state index contributed by atoms with van der Waals surface area (Å²) in [5.41, 5.74) is -0.128. The number of hydrogen-bond acceptors (Lipinski definition) is 3. The van der Waals surface area contributed by atoms with Gasteiger partial charge in [-0.2, -0.15) is 11.8 Å². The summed E-state index contributed by atoms with van der Waals surface area (Å²) in [5, 5.41) is 9.29. The number of carboxylic acids is 1. The zero-order valence-electron chi connectivity index (χ0n) is 8.41. The van der Waals surface area contributed by atoms with Gasteiger partial charge in [0.1, 0.15) is 0 Å². The van der Waals surface area contributed by atoms with E-state index in [0.717, 1.165) is 12.2 Å². The van der Waals surface area contributed by atoms with Crippen molar-refractivity contribution in [2.75, 3.05) is 19.8 Å². The Hall–Kier alpha value is -0.220. The molecule has 1 heterocycles. The topological polar surface area (TPSA) is 40.5 Å². The first-order valence-corrected chi connectivity index (χ1v) is 5.55. The molecule has 1 aliphatic heterocycles. The minimum Gasteiger partial charge on any atom is -0.481 e. The van der Waals surface area contributed by atoms with Crippen LogP contribution in [0.3, 0.4) is 0 Å². The van der Waals surface area contributed by atoms with E-state index in [1.54, 1.807) is 0 Å². The number of carbonyl (C=O) groups is 1. The lowest BCUT2D eigenvalue weighted by atomic mass is 9.87. The first-order valence-electron chi connectivity index (χ1n) is 4.50. The molecule has 2 unspecified atom stereocenters. The van der Waals surface area contributed by atoms with Crippen molar-refractivity contribution in [3.8, 4) is 0 Å². The van der Waals surface area contributed by atoms with Crippen molar-refractivity contribution in [2.24, 2.45) is 0 Å². The van der Waals surface area contributed by atoms with Crippen molar-refractivity contribution < 1.29 is 9.90 Å². The van der Waals surface area contributed by atoms with E-state index in [0.29, 0.717) is 5.25 Å². The van der Waals surface area contributed by atoms with E-state index in [-0.39, 0.29) is 12.0 Å². The quantitative estimate of drug-likeness (QED) is 0.750. The largest absolute Gasteiger partial charge is 0.481 e. The number of carboxylic acid groups (broad SMARTS) is 1. The number of aliphatic carboxylic acids is 1. The third kappa shape index (κ3) is 1.99. The molecule has 0 radical (unpaired) electrons. The average molecular weight is 203 g/mol. The van der Waals surface area contributed by atoms with Gasteiger partial charge in [0, 0.05) is 10.8 Å². The van der Waals surface area contributed by atoms with E-state index >= 15 is 0 Å². The Labute approximate surface area is 83.5 Å². The summed E-state index contributed by atoms with van der Waals surface area (Å²) in [6, 6.07) is 0. The van der Waals surface area contributed by atoms with E-state index in [1.165, 1.54) is 0 Å². The van der Waals surface area contributed by atoms with Crippen LogP contribution >= 0.6 is 11.8 Å². The Bertz CT molecular complexity index is 208. The second-order valence-corrected chi connectivity index (χ2v) is 5.28. The summed E-state index contributed by atoms with van der Waals surface area (Å²) in [6.45, 7) is 2.13. The summed E-state index contributed by atoms with van der Waals surface area (Å²) < 4.78 is 0. The van der Waals surface area contributed by atoms with Crippen LogP contribution in [0.5, 0.6) is 0 Å². The third-order valence-electron chi connectivity index (χ3n) is 3.01. The lowest BCUT2D eigenvalue weighted by molar-refractivity contribution is -0.140. The van der Waals surface area contributed by atoms with Crippen molar-refractivity contribution in [2.45, 2.75) is 30.6 Å². The highest BCUT2D eigenvalue weighted by Crippen LogP contribution is 2.41. The fourth-order valence-electron chi connectivity index (χ4n) is 2.01. The molecule has 0 amide bonds. The first-order chi connectivity index (χ1) is 5.99. The zero-order chi connectivity index (χ0) is 10.1. The molecule has 1 aliphatic rings. The predicted octanol–water partition coefficient (Wildman–Crippen LogP) is 1.29. The molecule has 1 rings (SSSR count). The number of nitrogens with zero attached hydrogens (tertiary/aromatic N) is 1. The molecular weight excluding hydrogens is 186 g/mol. The Morgan fingerprint density at radius 3 is 2.62 bits per heavy atom. The van der Waals surface area contributed by atoms with Crippen LogP contribution in [0.25, 0.3) is 0 Å². The number of hydrogen-bond donors (Lipinski definition) is 1. The molecule has 0 spiro atoms. The smallest absolute Gasteiger partial charge is 0.305 e. The number of rotatable bonds is 3. The maximum atomic E-state index is 10.8. The van der Waals surface area contributed by atoms with Crippen molar-refractivity contribution in [1.29, 1.82) is 0 Å². The van der Waals surface area contributed by atoms with Crippen molar-refractivity contribution >= 4 is 17.7 Å². The lowest BCUT2D eigenvalue weighted by Crippen LogP contribution is -2.50. The van der Waals surface area contributed by atoms with Gasteiger partial charge in [0.15, 0.2) is 0 Å². The van der Waals surface area contributed by atoms with Gasteiger partial charge in [0.25, 0.3) is 0 Å². The van der Waals surface area contributed by atoms with Gasteiger partial charge in [-0.05, 0) is 26.3 Å². The minimum absolute atomic E-state index is 0.128. The highest BCUT2D eigenvalue weighted by atomic mass is 32.2. The van der Waals surface area contributed by atoms with Crippen LogP contribution in [0.1, 0.15) is 19.8 Å². The Kier molecular flexibility index (Phi) is 3.24. The normalized spacial score (nSPS) is 34.0. The minimum atomic E-state index is -0.692. The SMILES string of the molecule is CC1SCCC1(CC(=O)O)N(C)C. The fourth-order valence-corrected chi connectivity index (χ4v) is 3.56. The van der Waals surface area contributed by atoms with E-state index < -0.39 is 5.97 Å². The summed E-state index contributed by atoms with van der Waals surface area (Å²) in [5.74, 6) is 0.384. The molecule has 2 atom stereocenters. The molecule has 0 aromatic heterocycles. The highest BCUT2D eigenvalue weighted by Gasteiger charge is 2.44. The van der Waals surface area contributed by atoms with E-state index in [9.17, 15) is 4.79 Å². The standard InChI is InChI=1S/C9H17NO2S/c1-7-9(10(2)3,4-5-13-7)6-8(11)12/h7H,4-6H2,1-3H3,(H,11,12). The van der Waals surface area contributed by atoms with Crippen LogP contribution in [-0.4, -0.2) is 46.6 Å². The molecule has 0 saturated carbocycles. The summed E-state index contributed by atoms with van der Waals surface area (Å²) >= 11 is 1.87. The van der Waals surface area contributed by atoms with E-state index in [1.807, 2.05) is 25.9 Å². The third-order valence-corrected chi connectivity index (χ3v) is 4.39. The Balaban J connectivity index is 2.80. The van der Waals surface area contributed by atoms with Crippen molar-refractivity contribution in [3.05, 3.63) is 0 Å². The van der Waals surface area contributed by atoms with E-state index in [4.69, 9.17) is 5.11 Å². The van der Waals surface area contributed by atoms with Gasteiger partial charge in [-0.15, -0.1) is 0 Å². The second-order valence-electron chi connectivity index (χ2n) is 3.83. The van der Waals surface area contributed by atoms with Gasteiger partial charge < -0.3 is 10.0 Å². The summed E-state index contributed by atoms with van der Waals surface area (Å²) in [4.78, 5) is 12.8.